The number of aromatic nitrogens is 1. The zero-order valence-corrected chi connectivity index (χ0v) is 12.3. The van der Waals surface area contributed by atoms with E-state index >= 15 is 0 Å². The maximum Gasteiger partial charge on any atom is 0.326 e. The standard InChI is InChI=1S/C12H16N2O3S2/c1-8-13-9(6-19-8)5-18-7-11(15)14-4-2-3-10(14)12(16)17/h6,10H,2-5,7H2,1H3,(H,16,17)/t10-/m0/s1. The lowest BCUT2D eigenvalue weighted by atomic mass is 10.2. The molecule has 1 amide bonds. The molecule has 1 saturated heterocycles. The Hall–Kier alpha value is -1.08. The molecule has 1 aromatic heterocycles. The highest BCUT2D eigenvalue weighted by Crippen LogP contribution is 2.20. The molecule has 1 aromatic rings. The monoisotopic (exact) mass is 300 g/mol. The van der Waals surface area contributed by atoms with Crippen molar-refractivity contribution >= 4 is 35.0 Å². The predicted molar refractivity (Wildman–Crippen MR) is 75.4 cm³/mol. The molecule has 2 heterocycles. The first-order chi connectivity index (χ1) is 9.08. The number of hydrogen-bond donors (Lipinski definition) is 1. The van der Waals surface area contributed by atoms with Gasteiger partial charge in [0.05, 0.1) is 16.5 Å². The smallest absolute Gasteiger partial charge is 0.326 e. The number of hydrogen-bond acceptors (Lipinski definition) is 5. The highest BCUT2D eigenvalue weighted by Gasteiger charge is 2.33. The normalized spacial score (nSPS) is 18.8. The van der Waals surface area contributed by atoms with E-state index in [2.05, 4.69) is 4.98 Å². The van der Waals surface area contributed by atoms with Crippen molar-refractivity contribution in [3.8, 4) is 0 Å². The quantitative estimate of drug-likeness (QED) is 0.897. The van der Waals surface area contributed by atoms with Crippen molar-refractivity contribution in [1.82, 2.24) is 9.88 Å². The van der Waals surface area contributed by atoms with Crippen molar-refractivity contribution in [1.29, 1.82) is 0 Å². The summed E-state index contributed by atoms with van der Waals surface area (Å²) < 4.78 is 0. The molecule has 19 heavy (non-hydrogen) atoms. The molecule has 5 nitrogen and oxygen atoms in total. The molecule has 1 aliphatic rings. The zero-order valence-electron chi connectivity index (χ0n) is 10.7. The summed E-state index contributed by atoms with van der Waals surface area (Å²) >= 11 is 3.08. The number of aliphatic carboxylic acids is 1. The summed E-state index contributed by atoms with van der Waals surface area (Å²) in [7, 11) is 0. The summed E-state index contributed by atoms with van der Waals surface area (Å²) in [6.45, 7) is 2.51. The molecular formula is C12H16N2O3S2. The third-order valence-corrected chi connectivity index (χ3v) is 4.77. The van der Waals surface area contributed by atoms with Crippen LogP contribution in [0.1, 0.15) is 23.5 Å². The van der Waals surface area contributed by atoms with Crippen molar-refractivity contribution in [3.05, 3.63) is 16.1 Å². The highest BCUT2D eigenvalue weighted by atomic mass is 32.2. The van der Waals surface area contributed by atoms with Crippen LogP contribution in [0, 0.1) is 6.92 Å². The molecule has 0 unspecified atom stereocenters. The molecule has 0 bridgehead atoms. The molecule has 1 aliphatic heterocycles. The van der Waals surface area contributed by atoms with Crippen LogP contribution in [0.4, 0.5) is 0 Å². The van der Waals surface area contributed by atoms with Gasteiger partial charge in [0, 0.05) is 17.7 Å². The van der Waals surface area contributed by atoms with Crippen LogP contribution in [-0.4, -0.2) is 45.2 Å². The van der Waals surface area contributed by atoms with Crippen LogP contribution in [0.3, 0.4) is 0 Å². The first kappa shape index (κ1) is 14.3. The zero-order chi connectivity index (χ0) is 13.8. The SMILES string of the molecule is Cc1nc(CSCC(=O)N2CCC[C@H]2C(=O)O)cs1. The largest absolute Gasteiger partial charge is 0.480 e. The van der Waals surface area contributed by atoms with E-state index in [9.17, 15) is 9.59 Å². The first-order valence-electron chi connectivity index (χ1n) is 6.09. The van der Waals surface area contributed by atoms with Crippen LogP contribution >= 0.6 is 23.1 Å². The summed E-state index contributed by atoms with van der Waals surface area (Å²) in [5.74, 6) is 0.0370. The fourth-order valence-electron chi connectivity index (χ4n) is 2.12. The summed E-state index contributed by atoms with van der Waals surface area (Å²) in [6.07, 6.45) is 1.34. The van der Waals surface area contributed by atoms with Crippen molar-refractivity contribution < 1.29 is 14.7 Å². The maximum atomic E-state index is 12.0. The lowest BCUT2D eigenvalue weighted by molar-refractivity contribution is -0.147. The van der Waals surface area contributed by atoms with Gasteiger partial charge in [-0.25, -0.2) is 9.78 Å². The molecule has 7 heteroatoms. The van der Waals surface area contributed by atoms with Gasteiger partial charge in [-0.15, -0.1) is 23.1 Å². The molecule has 1 atom stereocenters. The second kappa shape index (κ2) is 6.38. The van der Waals surface area contributed by atoms with Gasteiger partial charge in [0.15, 0.2) is 0 Å². The summed E-state index contributed by atoms with van der Waals surface area (Å²) in [5, 5.41) is 12.0. The lowest BCUT2D eigenvalue weighted by Crippen LogP contribution is -2.41. The van der Waals surface area contributed by atoms with Crippen molar-refractivity contribution in [2.75, 3.05) is 12.3 Å². The Morgan fingerprint density at radius 2 is 2.42 bits per heavy atom. The Morgan fingerprint density at radius 1 is 1.63 bits per heavy atom. The molecule has 0 saturated carbocycles. The van der Waals surface area contributed by atoms with Crippen molar-refractivity contribution in [3.63, 3.8) is 0 Å². The number of nitrogens with zero attached hydrogens (tertiary/aromatic N) is 2. The number of aryl methyl sites for hydroxylation is 1. The number of carbonyl (C=O) groups excluding carboxylic acids is 1. The van der Waals surface area contributed by atoms with Crippen LogP contribution in [-0.2, 0) is 15.3 Å². The van der Waals surface area contributed by atoms with Gasteiger partial charge in [0.2, 0.25) is 5.91 Å². The third-order valence-electron chi connectivity index (χ3n) is 3.00. The van der Waals surface area contributed by atoms with E-state index in [4.69, 9.17) is 5.11 Å². The third kappa shape index (κ3) is 3.70. The number of thiazole rings is 1. The fourth-order valence-corrected chi connectivity index (χ4v) is 3.64. The van der Waals surface area contributed by atoms with Gasteiger partial charge in [-0.2, -0.15) is 0 Å². The highest BCUT2D eigenvalue weighted by molar-refractivity contribution is 7.99. The minimum atomic E-state index is -0.897. The van der Waals surface area contributed by atoms with Crippen molar-refractivity contribution in [2.45, 2.75) is 31.6 Å². The van der Waals surface area contributed by atoms with Crippen LogP contribution < -0.4 is 0 Å². The Kier molecular flexibility index (Phi) is 4.81. The Labute approximate surface area is 120 Å². The summed E-state index contributed by atoms with van der Waals surface area (Å²) in [4.78, 5) is 28.8. The molecular weight excluding hydrogens is 284 g/mol. The number of carboxylic acids is 1. The number of carboxylic acid groups (broad SMARTS) is 1. The second-order valence-electron chi connectivity index (χ2n) is 4.43. The minimum Gasteiger partial charge on any atom is -0.480 e. The lowest BCUT2D eigenvalue weighted by Gasteiger charge is -2.21. The van der Waals surface area contributed by atoms with Crippen LogP contribution in [0.5, 0.6) is 0 Å². The van der Waals surface area contributed by atoms with Gasteiger partial charge >= 0.3 is 5.97 Å². The van der Waals surface area contributed by atoms with Gasteiger partial charge in [-0.05, 0) is 19.8 Å². The average molecular weight is 300 g/mol. The van der Waals surface area contributed by atoms with Crippen LogP contribution in [0.15, 0.2) is 5.38 Å². The van der Waals surface area contributed by atoms with E-state index in [1.54, 1.807) is 11.3 Å². The van der Waals surface area contributed by atoms with Crippen LogP contribution in [0.25, 0.3) is 0 Å². The molecule has 0 aromatic carbocycles. The summed E-state index contributed by atoms with van der Waals surface area (Å²) in [5.41, 5.74) is 0.983. The van der Waals surface area contributed by atoms with Gasteiger partial charge in [-0.3, -0.25) is 4.79 Å². The maximum absolute atomic E-state index is 12.0. The van der Waals surface area contributed by atoms with E-state index in [-0.39, 0.29) is 5.91 Å². The molecule has 0 radical (unpaired) electrons. The molecule has 104 valence electrons. The Bertz CT molecular complexity index is 475. The minimum absolute atomic E-state index is 0.0816. The molecule has 0 aliphatic carbocycles. The first-order valence-corrected chi connectivity index (χ1v) is 8.12. The molecule has 1 fully saturated rings. The Morgan fingerprint density at radius 3 is 3.05 bits per heavy atom. The topological polar surface area (TPSA) is 70.5 Å². The van der Waals surface area contributed by atoms with Crippen molar-refractivity contribution in [2.24, 2.45) is 0 Å². The van der Waals surface area contributed by atoms with E-state index < -0.39 is 12.0 Å². The second-order valence-corrected chi connectivity index (χ2v) is 6.48. The summed E-state index contributed by atoms with van der Waals surface area (Å²) in [6, 6.07) is -0.630. The van der Waals surface area contributed by atoms with E-state index in [1.165, 1.54) is 16.7 Å². The number of rotatable bonds is 5. The average Bonchev–Trinajstić information content (AvgIpc) is 2.97. The molecule has 2 rings (SSSR count). The van der Waals surface area contributed by atoms with Gasteiger partial charge < -0.3 is 10.0 Å². The van der Waals surface area contributed by atoms with E-state index in [1.807, 2.05) is 12.3 Å². The number of carbonyl (C=O) groups is 2. The number of amides is 1. The molecule has 1 N–H and O–H groups in total. The van der Waals surface area contributed by atoms with Gasteiger partial charge in [-0.1, -0.05) is 0 Å². The Balaban J connectivity index is 1.79. The number of likely N-dealkylation sites (tertiary alicyclic amines) is 1. The van der Waals surface area contributed by atoms with Crippen LogP contribution in [0.2, 0.25) is 0 Å². The van der Waals surface area contributed by atoms with E-state index in [0.29, 0.717) is 24.5 Å². The van der Waals surface area contributed by atoms with Gasteiger partial charge in [0.25, 0.3) is 0 Å². The molecule has 0 spiro atoms. The fraction of sp³-hybridized carbons (Fsp3) is 0.583. The predicted octanol–water partition coefficient (Wildman–Crippen LogP) is 1.76. The number of thioether (sulfide) groups is 1. The van der Waals surface area contributed by atoms with E-state index in [0.717, 1.165) is 17.1 Å². The van der Waals surface area contributed by atoms with Gasteiger partial charge in [0.1, 0.15) is 6.04 Å².